The van der Waals surface area contributed by atoms with Gasteiger partial charge < -0.3 is 10.0 Å². The number of carbonyl (C=O) groups excluding carboxylic acids is 1. The SMILES string of the molecule is O=C(C(CO)c1ccc(C(F)(F)F)cc1)N1CC(=C2CN(Sc3ccccn3)C2)C1. The number of nitrogens with zero attached hydrogens (tertiary/aromatic N) is 3. The lowest BCUT2D eigenvalue weighted by atomic mass is 9.92. The third-order valence-corrected chi connectivity index (χ3v) is 6.24. The van der Waals surface area contributed by atoms with Gasteiger partial charge in [-0.1, -0.05) is 18.2 Å². The summed E-state index contributed by atoms with van der Waals surface area (Å²) in [4.78, 5) is 18.6. The third kappa shape index (κ3) is 4.38. The number of hydrogen-bond donors (Lipinski definition) is 1. The molecule has 1 N–H and O–H groups in total. The highest BCUT2D eigenvalue weighted by Gasteiger charge is 2.36. The predicted octanol–water partition coefficient (Wildman–Crippen LogP) is 3.34. The molecule has 3 heterocycles. The molecule has 9 heteroatoms. The first-order valence-electron chi connectivity index (χ1n) is 9.45. The molecule has 0 saturated carbocycles. The van der Waals surface area contributed by atoms with Gasteiger partial charge in [0.05, 0.1) is 18.1 Å². The van der Waals surface area contributed by atoms with Gasteiger partial charge in [0, 0.05) is 32.4 Å². The van der Waals surface area contributed by atoms with Crippen LogP contribution in [0, 0.1) is 0 Å². The summed E-state index contributed by atoms with van der Waals surface area (Å²) in [5.74, 6) is -1.11. The lowest BCUT2D eigenvalue weighted by Crippen LogP contribution is -2.50. The van der Waals surface area contributed by atoms with Gasteiger partial charge in [-0.25, -0.2) is 9.29 Å². The number of aromatic nitrogens is 1. The molecule has 0 aliphatic carbocycles. The highest BCUT2D eigenvalue weighted by molar-refractivity contribution is 7.97. The number of rotatable bonds is 5. The Morgan fingerprint density at radius 1 is 1.07 bits per heavy atom. The fourth-order valence-corrected chi connectivity index (χ4v) is 4.40. The standard InChI is InChI=1S/C21H20F3N3O2S/c22-21(23,24)17-6-4-14(5-7-17)18(13-28)20(29)26-9-15(10-26)16-11-27(12-16)30-19-3-1-2-8-25-19/h1-8,18,28H,9-13H2. The second-order valence-electron chi connectivity index (χ2n) is 7.31. The molecule has 30 heavy (non-hydrogen) atoms. The Hall–Kier alpha value is -2.36. The number of aliphatic hydroxyl groups excluding tert-OH is 1. The van der Waals surface area contributed by atoms with Gasteiger partial charge in [0.1, 0.15) is 5.03 Å². The number of halogens is 3. The molecule has 4 rings (SSSR count). The van der Waals surface area contributed by atoms with Crippen LogP contribution < -0.4 is 0 Å². The Kier molecular flexibility index (Phi) is 5.86. The van der Waals surface area contributed by atoms with Crippen molar-refractivity contribution in [2.24, 2.45) is 0 Å². The summed E-state index contributed by atoms with van der Waals surface area (Å²) in [5.41, 5.74) is 2.13. The largest absolute Gasteiger partial charge is 0.416 e. The summed E-state index contributed by atoms with van der Waals surface area (Å²) in [6.45, 7) is 2.21. The summed E-state index contributed by atoms with van der Waals surface area (Å²) in [5, 5.41) is 10.6. The van der Waals surface area contributed by atoms with Crippen LogP contribution in [0.25, 0.3) is 0 Å². The number of amides is 1. The van der Waals surface area contributed by atoms with Crippen molar-refractivity contribution in [3.8, 4) is 0 Å². The van der Waals surface area contributed by atoms with Crippen molar-refractivity contribution in [2.45, 2.75) is 17.1 Å². The molecule has 1 atom stereocenters. The number of likely N-dealkylation sites (tertiary alicyclic amines) is 1. The highest BCUT2D eigenvalue weighted by Crippen LogP contribution is 2.34. The smallest absolute Gasteiger partial charge is 0.395 e. The average molecular weight is 435 g/mol. The van der Waals surface area contributed by atoms with Gasteiger partial charge in [-0.05, 0) is 52.9 Å². The fourth-order valence-electron chi connectivity index (χ4n) is 3.45. The average Bonchev–Trinajstić information content (AvgIpc) is 2.66. The van der Waals surface area contributed by atoms with E-state index in [-0.39, 0.29) is 5.91 Å². The minimum atomic E-state index is -4.43. The van der Waals surface area contributed by atoms with Crippen molar-refractivity contribution in [1.82, 2.24) is 14.2 Å². The maximum absolute atomic E-state index is 12.7. The number of carbonyl (C=O) groups is 1. The molecule has 1 unspecified atom stereocenters. The molecule has 2 aliphatic rings. The van der Waals surface area contributed by atoms with Crippen LogP contribution in [-0.4, -0.2) is 58.0 Å². The van der Waals surface area contributed by atoms with E-state index in [1.807, 2.05) is 18.2 Å². The molecule has 2 aromatic rings. The van der Waals surface area contributed by atoms with Crippen molar-refractivity contribution in [3.05, 3.63) is 70.9 Å². The molecule has 1 amide bonds. The number of pyridine rings is 1. The van der Waals surface area contributed by atoms with E-state index in [1.165, 1.54) is 23.3 Å². The molecule has 158 valence electrons. The van der Waals surface area contributed by atoms with Gasteiger partial charge in [-0.3, -0.25) is 4.79 Å². The van der Waals surface area contributed by atoms with Crippen LogP contribution in [0.5, 0.6) is 0 Å². The van der Waals surface area contributed by atoms with E-state index in [4.69, 9.17) is 0 Å². The lowest BCUT2D eigenvalue weighted by Gasteiger charge is -2.42. The number of hydrogen-bond acceptors (Lipinski definition) is 5. The van der Waals surface area contributed by atoms with Crippen LogP contribution in [-0.2, 0) is 11.0 Å². The Morgan fingerprint density at radius 3 is 2.30 bits per heavy atom. The van der Waals surface area contributed by atoms with Crippen LogP contribution in [0.4, 0.5) is 13.2 Å². The van der Waals surface area contributed by atoms with E-state index < -0.39 is 24.3 Å². The second-order valence-corrected chi connectivity index (χ2v) is 8.43. The Balaban J connectivity index is 1.31. The molecule has 1 aromatic carbocycles. The van der Waals surface area contributed by atoms with Crippen molar-refractivity contribution >= 4 is 17.9 Å². The van der Waals surface area contributed by atoms with Gasteiger partial charge in [0.15, 0.2) is 0 Å². The normalized spacial score (nSPS) is 18.1. The lowest BCUT2D eigenvalue weighted by molar-refractivity contribution is -0.137. The summed E-state index contributed by atoms with van der Waals surface area (Å²) in [7, 11) is 0. The molecular weight excluding hydrogens is 415 g/mol. The first kappa shape index (κ1) is 20.9. The van der Waals surface area contributed by atoms with Crippen molar-refractivity contribution < 1.29 is 23.1 Å². The molecule has 1 aromatic heterocycles. The highest BCUT2D eigenvalue weighted by atomic mass is 32.2. The molecule has 0 spiro atoms. The molecule has 0 bridgehead atoms. The minimum absolute atomic E-state index is 0.263. The molecule has 0 radical (unpaired) electrons. The van der Waals surface area contributed by atoms with E-state index in [9.17, 15) is 23.1 Å². The van der Waals surface area contributed by atoms with Crippen LogP contribution >= 0.6 is 11.9 Å². The van der Waals surface area contributed by atoms with E-state index in [2.05, 4.69) is 9.29 Å². The minimum Gasteiger partial charge on any atom is -0.395 e. The quantitative estimate of drug-likeness (QED) is 0.577. The van der Waals surface area contributed by atoms with Gasteiger partial charge in [-0.15, -0.1) is 0 Å². The Labute approximate surface area is 176 Å². The molecule has 5 nitrogen and oxygen atoms in total. The van der Waals surface area contributed by atoms with Crippen molar-refractivity contribution in [1.29, 1.82) is 0 Å². The summed E-state index contributed by atoms with van der Waals surface area (Å²) in [6, 6.07) is 10.2. The maximum Gasteiger partial charge on any atom is 0.416 e. The first-order valence-corrected chi connectivity index (χ1v) is 10.2. The van der Waals surface area contributed by atoms with Crippen LogP contribution in [0.1, 0.15) is 17.0 Å². The van der Waals surface area contributed by atoms with Crippen molar-refractivity contribution in [2.75, 3.05) is 32.8 Å². The Bertz CT molecular complexity index is 932. The van der Waals surface area contributed by atoms with Crippen LogP contribution in [0.15, 0.2) is 64.8 Å². The molecular formula is C21H20F3N3O2S. The van der Waals surface area contributed by atoms with Gasteiger partial charge in [0.25, 0.3) is 0 Å². The number of benzene rings is 1. The van der Waals surface area contributed by atoms with Crippen LogP contribution in [0.3, 0.4) is 0 Å². The summed E-state index contributed by atoms with van der Waals surface area (Å²) in [6.07, 6.45) is -2.67. The summed E-state index contributed by atoms with van der Waals surface area (Å²) >= 11 is 1.60. The van der Waals surface area contributed by atoms with Gasteiger partial charge >= 0.3 is 6.18 Å². The number of alkyl halides is 3. The van der Waals surface area contributed by atoms with E-state index in [0.29, 0.717) is 18.7 Å². The molecule has 2 fully saturated rings. The zero-order valence-electron chi connectivity index (χ0n) is 16.0. The first-order chi connectivity index (χ1) is 14.3. The topological polar surface area (TPSA) is 56.7 Å². The summed E-state index contributed by atoms with van der Waals surface area (Å²) < 4.78 is 40.4. The van der Waals surface area contributed by atoms with E-state index >= 15 is 0 Å². The fraction of sp³-hybridized carbons (Fsp3) is 0.333. The molecule has 2 aliphatic heterocycles. The maximum atomic E-state index is 12.7. The van der Waals surface area contributed by atoms with Gasteiger partial charge in [-0.2, -0.15) is 13.2 Å². The second kappa shape index (κ2) is 8.41. The third-order valence-electron chi connectivity index (χ3n) is 5.29. The zero-order valence-corrected chi connectivity index (χ0v) is 16.8. The predicted molar refractivity (Wildman–Crippen MR) is 107 cm³/mol. The van der Waals surface area contributed by atoms with Crippen molar-refractivity contribution in [3.63, 3.8) is 0 Å². The zero-order chi connectivity index (χ0) is 21.3. The monoisotopic (exact) mass is 435 g/mol. The van der Waals surface area contributed by atoms with E-state index in [1.54, 1.807) is 23.0 Å². The van der Waals surface area contributed by atoms with Gasteiger partial charge in [0.2, 0.25) is 5.91 Å². The van der Waals surface area contributed by atoms with E-state index in [0.717, 1.165) is 30.2 Å². The molecule has 2 saturated heterocycles. The Morgan fingerprint density at radius 2 is 1.73 bits per heavy atom. The van der Waals surface area contributed by atoms with Crippen LogP contribution in [0.2, 0.25) is 0 Å². The number of aliphatic hydroxyl groups is 1.